The topological polar surface area (TPSA) is 79.5 Å². The Kier molecular flexibility index (Phi) is 4.82. The van der Waals surface area contributed by atoms with E-state index in [1.54, 1.807) is 0 Å². The van der Waals surface area contributed by atoms with Crippen molar-refractivity contribution in [2.75, 3.05) is 19.7 Å². The number of aliphatic hydroxyl groups is 1. The van der Waals surface area contributed by atoms with E-state index in [1.165, 1.54) is 0 Å². The molecule has 0 unspecified atom stereocenters. The number of nitrogens with zero attached hydrogens (tertiary/aromatic N) is 3. The molecule has 1 saturated carbocycles. The molecule has 0 spiro atoms. The van der Waals surface area contributed by atoms with Crippen molar-refractivity contribution < 1.29 is 14.4 Å². The van der Waals surface area contributed by atoms with E-state index in [-0.39, 0.29) is 17.9 Å². The number of hydrogen-bond donors (Lipinski definition) is 1. The first kappa shape index (κ1) is 17.9. The lowest BCUT2D eigenvalue weighted by molar-refractivity contribution is 0.0684. The van der Waals surface area contributed by atoms with Crippen molar-refractivity contribution in [1.29, 1.82) is 0 Å². The van der Waals surface area contributed by atoms with E-state index < -0.39 is 0 Å². The van der Waals surface area contributed by atoms with E-state index in [1.807, 2.05) is 17.9 Å². The summed E-state index contributed by atoms with van der Waals surface area (Å²) in [7, 11) is 0. The van der Waals surface area contributed by atoms with Crippen LogP contribution in [0.1, 0.15) is 67.7 Å². The summed E-state index contributed by atoms with van der Waals surface area (Å²) in [5.41, 5.74) is 2.65. The van der Waals surface area contributed by atoms with Gasteiger partial charge in [-0.1, -0.05) is 25.9 Å². The van der Waals surface area contributed by atoms with Crippen molar-refractivity contribution >= 4 is 17.0 Å². The van der Waals surface area contributed by atoms with Crippen LogP contribution in [-0.4, -0.2) is 45.8 Å². The van der Waals surface area contributed by atoms with Gasteiger partial charge in [0.05, 0.1) is 16.6 Å². The quantitative estimate of drug-likeness (QED) is 0.869. The third-order valence-corrected chi connectivity index (χ3v) is 4.40. The van der Waals surface area contributed by atoms with Gasteiger partial charge in [-0.3, -0.25) is 4.79 Å². The number of aliphatic hydroxyl groups excluding tert-OH is 1. The number of fused-ring (bicyclic) bond motifs is 1. The molecular formula is C19H27N3O3. The van der Waals surface area contributed by atoms with Gasteiger partial charge < -0.3 is 14.5 Å². The molecule has 25 heavy (non-hydrogen) atoms. The molecule has 6 heteroatoms. The number of hydrogen-bond acceptors (Lipinski definition) is 5. The van der Waals surface area contributed by atoms with Crippen molar-refractivity contribution in [3.05, 3.63) is 23.0 Å². The Bertz CT molecular complexity index is 772. The van der Waals surface area contributed by atoms with Gasteiger partial charge in [0.25, 0.3) is 11.6 Å². The van der Waals surface area contributed by atoms with Gasteiger partial charge in [-0.25, -0.2) is 4.98 Å². The Balaban J connectivity index is 2.02. The average Bonchev–Trinajstić information content (AvgIpc) is 3.33. The van der Waals surface area contributed by atoms with Crippen LogP contribution in [0.3, 0.4) is 0 Å². The molecule has 6 nitrogen and oxygen atoms in total. The van der Waals surface area contributed by atoms with Gasteiger partial charge in [0.1, 0.15) is 0 Å². The fourth-order valence-electron chi connectivity index (χ4n) is 3.13. The number of aryl methyl sites for hydroxylation is 1. The predicted octanol–water partition coefficient (Wildman–Crippen LogP) is 3.28. The Labute approximate surface area is 148 Å². The van der Waals surface area contributed by atoms with Gasteiger partial charge in [-0.2, -0.15) is 0 Å². The van der Waals surface area contributed by atoms with E-state index in [4.69, 9.17) is 4.52 Å². The highest BCUT2D eigenvalue weighted by molar-refractivity contribution is 6.06. The molecule has 1 amide bonds. The lowest BCUT2D eigenvalue weighted by atomic mass is 9.95. The maximum atomic E-state index is 13.3. The van der Waals surface area contributed by atoms with Gasteiger partial charge in [0.15, 0.2) is 0 Å². The standard InChI is InChI=1S/C19H27N3O3/c1-12-16-14(10-15(13-6-7-13)20-17(16)25-21-12)18(24)22(8-5-9-23)11-19(2,3)4/h10,13,23H,5-9,11H2,1-4H3. The lowest BCUT2D eigenvalue weighted by Gasteiger charge is -2.30. The van der Waals surface area contributed by atoms with Gasteiger partial charge in [-0.15, -0.1) is 0 Å². The first-order chi connectivity index (χ1) is 11.8. The van der Waals surface area contributed by atoms with Gasteiger partial charge in [-0.05, 0) is 37.7 Å². The van der Waals surface area contributed by atoms with Crippen molar-refractivity contribution in [3.63, 3.8) is 0 Å². The summed E-state index contributed by atoms with van der Waals surface area (Å²) in [6.45, 7) is 9.37. The first-order valence-corrected chi connectivity index (χ1v) is 8.97. The molecule has 0 radical (unpaired) electrons. The highest BCUT2D eigenvalue weighted by Crippen LogP contribution is 2.40. The summed E-state index contributed by atoms with van der Waals surface area (Å²) in [6, 6.07) is 1.92. The normalized spacial score (nSPS) is 14.9. The van der Waals surface area contributed by atoms with Crippen LogP contribution < -0.4 is 0 Å². The number of carbonyl (C=O) groups is 1. The largest absolute Gasteiger partial charge is 0.396 e. The maximum Gasteiger partial charge on any atom is 0.259 e. The van der Waals surface area contributed by atoms with Gasteiger partial charge in [0, 0.05) is 31.3 Å². The van der Waals surface area contributed by atoms with Crippen LogP contribution in [0.4, 0.5) is 0 Å². The SMILES string of the molecule is Cc1noc2nc(C3CC3)cc(C(=O)N(CCCO)CC(C)(C)C)c12. The molecule has 2 aromatic heterocycles. The average molecular weight is 345 g/mol. The van der Waals surface area contributed by atoms with Crippen LogP contribution >= 0.6 is 0 Å². The molecule has 0 bridgehead atoms. The maximum absolute atomic E-state index is 13.3. The highest BCUT2D eigenvalue weighted by atomic mass is 16.5. The van der Waals surface area contributed by atoms with Crippen LogP contribution in [0.15, 0.2) is 10.6 Å². The van der Waals surface area contributed by atoms with Crippen molar-refractivity contribution in [2.45, 2.75) is 52.9 Å². The molecule has 0 aliphatic heterocycles. The molecule has 2 aromatic rings. The Hall–Kier alpha value is -1.95. The molecular weight excluding hydrogens is 318 g/mol. The molecule has 136 valence electrons. The molecule has 1 aliphatic rings. The summed E-state index contributed by atoms with van der Waals surface area (Å²) in [5.74, 6) is 0.388. The minimum atomic E-state index is -0.0380. The monoisotopic (exact) mass is 345 g/mol. The van der Waals surface area contributed by atoms with Gasteiger partial charge >= 0.3 is 0 Å². The van der Waals surface area contributed by atoms with Crippen LogP contribution in [0.25, 0.3) is 11.1 Å². The third-order valence-electron chi connectivity index (χ3n) is 4.40. The molecule has 1 N–H and O–H groups in total. The van der Waals surface area contributed by atoms with E-state index in [9.17, 15) is 9.90 Å². The van der Waals surface area contributed by atoms with E-state index in [2.05, 4.69) is 30.9 Å². The van der Waals surface area contributed by atoms with Crippen LogP contribution in [0, 0.1) is 12.3 Å². The summed E-state index contributed by atoms with van der Waals surface area (Å²) in [6.07, 6.45) is 2.78. The van der Waals surface area contributed by atoms with Gasteiger partial charge in [0.2, 0.25) is 0 Å². The van der Waals surface area contributed by atoms with E-state index >= 15 is 0 Å². The summed E-state index contributed by atoms with van der Waals surface area (Å²) in [5, 5.41) is 13.9. The van der Waals surface area contributed by atoms with Crippen molar-refractivity contribution in [1.82, 2.24) is 15.0 Å². The molecule has 0 saturated heterocycles. The van der Waals surface area contributed by atoms with E-state index in [0.29, 0.717) is 47.8 Å². The zero-order valence-electron chi connectivity index (χ0n) is 15.5. The molecule has 1 fully saturated rings. The molecule has 3 rings (SSSR count). The first-order valence-electron chi connectivity index (χ1n) is 8.97. The second-order valence-corrected chi connectivity index (χ2v) is 8.18. The second kappa shape index (κ2) is 6.75. The van der Waals surface area contributed by atoms with Crippen LogP contribution in [-0.2, 0) is 0 Å². The molecule has 0 aromatic carbocycles. The zero-order chi connectivity index (χ0) is 18.2. The fraction of sp³-hybridized carbons (Fsp3) is 0.632. The van der Waals surface area contributed by atoms with Crippen LogP contribution in [0.5, 0.6) is 0 Å². The third kappa shape index (κ3) is 4.00. The molecule has 2 heterocycles. The Morgan fingerprint density at radius 1 is 1.40 bits per heavy atom. The lowest BCUT2D eigenvalue weighted by Crippen LogP contribution is -2.39. The molecule has 0 atom stereocenters. The fourth-order valence-corrected chi connectivity index (χ4v) is 3.13. The smallest absolute Gasteiger partial charge is 0.259 e. The number of aromatic nitrogens is 2. The van der Waals surface area contributed by atoms with Crippen LogP contribution in [0.2, 0.25) is 0 Å². The van der Waals surface area contributed by atoms with E-state index in [0.717, 1.165) is 18.5 Å². The summed E-state index contributed by atoms with van der Waals surface area (Å²) in [4.78, 5) is 19.7. The number of rotatable bonds is 6. The minimum Gasteiger partial charge on any atom is -0.396 e. The number of carbonyl (C=O) groups excluding carboxylic acids is 1. The Morgan fingerprint density at radius 3 is 2.72 bits per heavy atom. The summed E-state index contributed by atoms with van der Waals surface area (Å²) < 4.78 is 5.35. The second-order valence-electron chi connectivity index (χ2n) is 8.18. The zero-order valence-corrected chi connectivity index (χ0v) is 15.5. The minimum absolute atomic E-state index is 0.0275. The summed E-state index contributed by atoms with van der Waals surface area (Å²) >= 11 is 0. The Morgan fingerprint density at radius 2 is 2.12 bits per heavy atom. The number of amides is 1. The predicted molar refractivity (Wildman–Crippen MR) is 95.6 cm³/mol. The van der Waals surface area contributed by atoms with Crippen molar-refractivity contribution in [2.24, 2.45) is 5.41 Å². The van der Waals surface area contributed by atoms with Crippen molar-refractivity contribution in [3.8, 4) is 0 Å². The molecule has 1 aliphatic carbocycles. The number of pyridine rings is 1. The highest BCUT2D eigenvalue weighted by Gasteiger charge is 2.30.